The minimum Gasteiger partial charge on any atom is -0.407 e. The van der Waals surface area contributed by atoms with E-state index in [1.807, 2.05) is 25.1 Å². The van der Waals surface area contributed by atoms with Crippen LogP contribution in [-0.2, 0) is 13.0 Å². The normalized spacial score (nSPS) is 11.1. The topological polar surface area (TPSA) is 68.0 Å². The molecule has 0 saturated heterocycles. The highest BCUT2D eigenvalue weighted by molar-refractivity contribution is 6.31. The van der Waals surface area contributed by atoms with E-state index in [1.54, 1.807) is 12.3 Å². The van der Waals surface area contributed by atoms with Crippen molar-refractivity contribution in [2.45, 2.75) is 19.9 Å². The standard InChI is InChI=1S/C15H13ClN2O3/c1-2-9-7-18(8-10-5-3-4-6-11(10)16)14(19)12-13(9)21-15(20)17-12/h3-7H,2,8H2,1H3,(H,17,20). The number of halogens is 1. The highest BCUT2D eigenvalue weighted by Crippen LogP contribution is 2.18. The minimum absolute atomic E-state index is 0.200. The maximum Gasteiger partial charge on any atom is 0.417 e. The summed E-state index contributed by atoms with van der Waals surface area (Å²) in [5.74, 6) is -0.618. The summed E-state index contributed by atoms with van der Waals surface area (Å²) in [7, 11) is 0. The summed E-state index contributed by atoms with van der Waals surface area (Å²) in [4.78, 5) is 26.2. The predicted octanol–water partition coefficient (Wildman–Crippen LogP) is 2.55. The van der Waals surface area contributed by atoms with E-state index in [1.165, 1.54) is 4.57 Å². The smallest absolute Gasteiger partial charge is 0.407 e. The summed E-state index contributed by atoms with van der Waals surface area (Å²) in [6.07, 6.45) is 2.37. The molecule has 0 aliphatic rings. The minimum atomic E-state index is -0.618. The van der Waals surface area contributed by atoms with E-state index >= 15 is 0 Å². The lowest BCUT2D eigenvalue weighted by molar-refractivity contribution is 0.551. The van der Waals surface area contributed by atoms with E-state index in [9.17, 15) is 9.59 Å². The van der Waals surface area contributed by atoms with Crippen molar-refractivity contribution < 1.29 is 4.42 Å². The molecule has 5 nitrogen and oxygen atoms in total. The fourth-order valence-electron chi connectivity index (χ4n) is 2.33. The number of aryl methyl sites for hydroxylation is 1. The largest absolute Gasteiger partial charge is 0.417 e. The maximum absolute atomic E-state index is 12.4. The molecule has 3 rings (SSSR count). The van der Waals surface area contributed by atoms with Crippen molar-refractivity contribution in [3.8, 4) is 0 Å². The zero-order chi connectivity index (χ0) is 15.0. The van der Waals surface area contributed by atoms with Crippen LogP contribution in [0, 0.1) is 0 Å². The Morgan fingerprint density at radius 2 is 2.00 bits per heavy atom. The Kier molecular flexibility index (Phi) is 3.43. The number of pyridine rings is 1. The van der Waals surface area contributed by atoms with Gasteiger partial charge < -0.3 is 8.98 Å². The Bertz CT molecular complexity index is 921. The first kappa shape index (κ1) is 13.7. The fraction of sp³-hybridized carbons (Fsp3) is 0.200. The Labute approximate surface area is 124 Å². The third-order valence-electron chi connectivity index (χ3n) is 3.41. The van der Waals surface area contributed by atoms with E-state index in [-0.39, 0.29) is 11.1 Å². The number of hydrogen-bond acceptors (Lipinski definition) is 3. The van der Waals surface area contributed by atoms with E-state index in [0.717, 1.165) is 11.1 Å². The number of aromatic nitrogens is 2. The van der Waals surface area contributed by atoms with Crippen LogP contribution in [0.1, 0.15) is 18.1 Å². The average molecular weight is 305 g/mol. The van der Waals surface area contributed by atoms with Crippen LogP contribution < -0.4 is 11.3 Å². The second-order valence-electron chi connectivity index (χ2n) is 4.75. The molecule has 3 aromatic rings. The second-order valence-corrected chi connectivity index (χ2v) is 5.16. The van der Waals surface area contributed by atoms with E-state index in [4.69, 9.17) is 16.0 Å². The summed E-state index contributed by atoms with van der Waals surface area (Å²) in [5.41, 5.74) is 1.88. The molecule has 0 spiro atoms. The van der Waals surface area contributed by atoms with Crippen molar-refractivity contribution in [3.63, 3.8) is 0 Å². The van der Waals surface area contributed by atoms with Gasteiger partial charge in [0.2, 0.25) is 0 Å². The summed E-state index contributed by atoms with van der Waals surface area (Å²) >= 11 is 6.13. The van der Waals surface area contributed by atoms with Crippen LogP contribution in [-0.4, -0.2) is 9.55 Å². The second kappa shape index (κ2) is 5.26. The van der Waals surface area contributed by atoms with Gasteiger partial charge in [-0.25, -0.2) is 4.79 Å². The van der Waals surface area contributed by atoms with Crippen molar-refractivity contribution in [1.82, 2.24) is 9.55 Å². The molecule has 0 unspecified atom stereocenters. The van der Waals surface area contributed by atoms with Gasteiger partial charge in [-0.1, -0.05) is 36.7 Å². The number of rotatable bonds is 3. The van der Waals surface area contributed by atoms with E-state index < -0.39 is 5.76 Å². The molecular weight excluding hydrogens is 292 g/mol. The highest BCUT2D eigenvalue weighted by Gasteiger charge is 2.13. The van der Waals surface area contributed by atoms with Gasteiger partial charge in [0.25, 0.3) is 5.56 Å². The number of benzene rings is 1. The molecule has 1 aromatic carbocycles. The van der Waals surface area contributed by atoms with Gasteiger partial charge in [-0.15, -0.1) is 0 Å². The molecule has 2 heterocycles. The van der Waals surface area contributed by atoms with Crippen LogP contribution in [0.2, 0.25) is 5.02 Å². The SMILES string of the molecule is CCc1cn(Cc2ccccc2Cl)c(=O)c2[nH]c(=O)oc12. The first-order valence-corrected chi connectivity index (χ1v) is 6.96. The number of oxazole rings is 1. The third kappa shape index (κ3) is 2.40. The van der Waals surface area contributed by atoms with Gasteiger partial charge in [-0.3, -0.25) is 9.78 Å². The first-order chi connectivity index (χ1) is 10.1. The van der Waals surface area contributed by atoms with Crippen LogP contribution in [0.3, 0.4) is 0 Å². The lowest BCUT2D eigenvalue weighted by Gasteiger charge is -2.09. The Hall–Kier alpha value is -2.27. The van der Waals surface area contributed by atoms with E-state index in [2.05, 4.69) is 4.98 Å². The molecule has 1 N–H and O–H groups in total. The lowest BCUT2D eigenvalue weighted by Crippen LogP contribution is -2.22. The maximum atomic E-state index is 12.4. The van der Waals surface area contributed by atoms with Crippen LogP contribution >= 0.6 is 11.6 Å². The number of nitrogens with one attached hydrogen (secondary N) is 1. The summed E-state index contributed by atoms with van der Waals surface area (Å²) < 4.78 is 6.58. The number of aromatic amines is 1. The van der Waals surface area contributed by atoms with Crippen molar-refractivity contribution in [1.29, 1.82) is 0 Å². The van der Waals surface area contributed by atoms with Crippen LogP contribution in [0.5, 0.6) is 0 Å². The zero-order valence-electron chi connectivity index (χ0n) is 11.4. The lowest BCUT2D eigenvalue weighted by atomic mass is 10.2. The molecule has 0 atom stereocenters. The predicted molar refractivity (Wildman–Crippen MR) is 81.0 cm³/mol. The van der Waals surface area contributed by atoms with Gasteiger partial charge in [0.15, 0.2) is 11.1 Å². The van der Waals surface area contributed by atoms with Gasteiger partial charge in [0, 0.05) is 16.8 Å². The Morgan fingerprint density at radius 3 is 2.71 bits per heavy atom. The van der Waals surface area contributed by atoms with Crippen LogP contribution in [0.25, 0.3) is 11.1 Å². The van der Waals surface area contributed by atoms with Crippen LogP contribution in [0.15, 0.2) is 44.5 Å². The quantitative estimate of drug-likeness (QED) is 0.808. The molecule has 0 saturated carbocycles. The summed E-state index contributed by atoms with van der Waals surface area (Å²) in [5, 5.41) is 0.600. The Morgan fingerprint density at radius 1 is 1.24 bits per heavy atom. The number of hydrogen-bond donors (Lipinski definition) is 1. The molecule has 0 aliphatic carbocycles. The van der Waals surface area contributed by atoms with Crippen molar-refractivity contribution >= 4 is 22.7 Å². The molecule has 0 amide bonds. The van der Waals surface area contributed by atoms with Gasteiger partial charge in [-0.2, -0.15) is 0 Å². The van der Waals surface area contributed by atoms with Crippen LogP contribution in [0.4, 0.5) is 0 Å². The van der Waals surface area contributed by atoms with E-state index in [0.29, 0.717) is 23.6 Å². The third-order valence-corrected chi connectivity index (χ3v) is 3.78. The van der Waals surface area contributed by atoms with Gasteiger partial charge in [-0.05, 0) is 18.1 Å². The van der Waals surface area contributed by atoms with Gasteiger partial charge in [0.05, 0.1) is 6.54 Å². The molecular formula is C15H13ClN2O3. The number of nitrogens with zero attached hydrogens (tertiary/aromatic N) is 1. The number of H-pyrrole nitrogens is 1. The fourth-order valence-corrected chi connectivity index (χ4v) is 2.53. The number of fused-ring (bicyclic) bond motifs is 1. The summed E-state index contributed by atoms with van der Waals surface area (Å²) in [6.45, 7) is 2.28. The molecule has 6 heteroatoms. The molecule has 108 valence electrons. The Balaban J connectivity index is 2.19. The van der Waals surface area contributed by atoms with Crippen molar-refractivity contribution in [2.24, 2.45) is 0 Å². The molecule has 21 heavy (non-hydrogen) atoms. The average Bonchev–Trinajstić information content (AvgIpc) is 2.86. The van der Waals surface area contributed by atoms with Crippen molar-refractivity contribution in [2.75, 3.05) is 0 Å². The summed E-state index contributed by atoms with van der Waals surface area (Å²) in [6, 6.07) is 7.34. The zero-order valence-corrected chi connectivity index (χ0v) is 12.1. The first-order valence-electron chi connectivity index (χ1n) is 6.58. The molecule has 0 aliphatic heterocycles. The van der Waals surface area contributed by atoms with Gasteiger partial charge in [0.1, 0.15) is 0 Å². The van der Waals surface area contributed by atoms with Crippen molar-refractivity contribution in [3.05, 3.63) is 67.5 Å². The monoisotopic (exact) mass is 304 g/mol. The van der Waals surface area contributed by atoms with Gasteiger partial charge >= 0.3 is 5.76 Å². The molecule has 2 aromatic heterocycles. The highest BCUT2D eigenvalue weighted by atomic mass is 35.5. The molecule has 0 bridgehead atoms. The molecule has 0 fully saturated rings. The molecule has 0 radical (unpaired) electrons.